The van der Waals surface area contributed by atoms with Crippen molar-refractivity contribution in [3.8, 4) is 17.0 Å². The van der Waals surface area contributed by atoms with Crippen LogP contribution in [0.15, 0.2) is 84.9 Å². The molecule has 6 heteroatoms. The Bertz CT molecular complexity index is 1210. The quantitative estimate of drug-likeness (QED) is 0.442. The number of para-hydroxylation sites is 2. The summed E-state index contributed by atoms with van der Waals surface area (Å²) in [6, 6.07) is 26.4. The molecule has 0 aliphatic heterocycles. The summed E-state index contributed by atoms with van der Waals surface area (Å²) in [4.78, 5) is 21.8. The van der Waals surface area contributed by atoms with E-state index in [9.17, 15) is 4.79 Å². The zero-order valence-corrected chi connectivity index (χ0v) is 17.3. The van der Waals surface area contributed by atoms with Crippen LogP contribution in [0.4, 0.5) is 17.2 Å². The van der Waals surface area contributed by atoms with E-state index in [1.165, 1.54) is 0 Å². The van der Waals surface area contributed by atoms with E-state index in [1.807, 2.05) is 67.6 Å². The molecule has 0 aliphatic rings. The van der Waals surface area contributed by atoms with Gasteiger partial charge in [0.2, 0.25) is 0 Å². The molecule has 0 aliphatic carbocycles. The highest BCUT2D eigenvalue weighted by Crippen LogP contribution is 2.25. The second-order valence-corrected chi connectivity index (χ2v) is 6.91. The predicted octanol–water partition coefficient (Wildman–Crippen LogP) is 5.46. The number of carbonyl (C=O) groups is 1. The molecule has 1 heterocycles. The van der Waals surface area contributed by atoms with E-state index in [-0.39, 0.29) is 5.91 Å². The highest BCUT2D eigenvalue weighted by Gasteiger charge is 2.11. The molecule has 0 unspecified atom stereocenters. The minimum atomic E-state index is -0.225. The van der Waals surface area contributed by atoms with Gasteiger partial charge in [0.05, 0.1) is 18.5 Å². The highest BCUT2D eigenvalue weighted by atomic mass is 16.5. The molecule has 31 heavy (non-hydrogen) atoms. The molecule has 1 aromatic heterocycles. The standard InChI is InChI=1S/C25H22N4O2/c1-17-26-22(18-9-4-3-5-10-18)16-24(27-17)28-20-12-8-11-19(15-20)25(30)29-21-13-6-7-14-23(21)31-2/h3-16H,1-2H3,(H,29,30)(H,26,27,28). The average molecular weight is 410 g/mol. The van der Waals surface area contributed by atoms with Crippen molar-refractivity contribution in [1.29, 1.82) is 0 Å². The van der Waals surface area contributed by atoms with Crippen molar-refractivity contribution in [1.82, 2.24) is 9.97 Å². The van der Waals surface area contributed by atoms with Gasteiger partial charge in [-0.15, -0.1) is 0 Å². The Kier molecular flexibility index (Phi) is 5.89. The van der Waals surface area contributed by atoms with Crippen molar-refractivity contribution in [2.24, 2.45) is 0 Å². The van der Waals surface area contributed by atoms with Crippen LogP contribution in [0.25, 0.3) is 11.3 Å². The van der Waals surface area contributed by atoms with Gasteiger partial charge in [0, 0.05) is 22.9 Å². The first-order valence-electron chi connectivity index (χ1n) is 9.85. The molecule has 0 saturated carbocycles. The Balaban J connectivity index is 1.55. The molecule has 0 bridgehead atoms. The zero-order chi connectivity index (χ0) is 21.6. The second kappa shape index (κ2) is 9.09. The van der Waals surface area contributed by atoms with Crippen LogP contribution in [0.1, 0.15) is 16.2 Å². The number of amides is 1. The van der Waals surface area contributed by atoms with E-state index in [0.717, 1.165) is 16.9 Å². The van der Waals surface area contributed by atoms with Gasteiger partial charge in [0.1, 0.15) is 17.4 Å². The summed E-state index contributed by atoms with van der Waals surface area (Å²) in [5, 5.41) is 6.17. The third-order valence-corrected chi connectivity index (χ3v) is 4.66. The van der Waals surface area contributed by atoms with Gasteiger partial charge in [0.25, 0.3) is 5.91 Å². The van der Waals surface area contributed by atoms with Gasteiger partial charge in [-0.3, -0.25) is 4.79 Å². The molecule has 2 N–H and O–H groups in total. The van der Waals surface area contributed by atoms with Crippen LogP contribution in [0.2, 0.25) is 0 Å². The molecule has 3 aromatic carbocycles. The van der Waals surface area contributed by atoms with Gasteiger partial charge < -0.3 is 15.4 Å². The topological polar surface area (TPSA) is 76.1 Å². The Morgan fingerprint density at radius 3 is 2.45 bits per heavy atom. The lowest BCUT2D eigenvalue weighted by molar-refractivity contribution is 0.102. The molecule has 4 aromatic rings. The van der Waals surface area contributed by atoms with Crippen LogP contribution in [-0.4, -0.2) is 23.0 Å². The lowest BCUT2D eigenvalue weighted by atomic mass is 10.1. The number of carbonyl (C=O) groups excluding carboxylic acids is 1. The molecular weight excluding hydrogens is 388 g/mol. The van der Waals surface area contributed by atoms with Crippen molar-refractivity contribution in [2.75, 3.05) is 17.7 Å². The maximum Gasteiger partial charge on any atom is 0.255 e. The number of nitrogens with one attached hydrogen (secondary N) is 2. The molecule has 0 fully saturated rings. The molecule has 0 atom stereocenters. The van der Waals surface area contributed by atoms with Gasteiger partial charge >= 0.3 is 0 Å². The van der Waals surface area contributed by atoms with Gasteiger partial charge in [-0.05, 0) is 37.3 Å². The number of methoxy groups -OCH3 is 1. The number of aryl methyl sites for hydroxylation is 1. The summed E-state index contributed by atoms with van der Waals surface area (Å²) < 4.78 is 5.30. The fourth-order valence-corrected chi connectivity index (χ4v) is 3.22. The van der Waals surface area contributed by atoms with Crippen LogP contribution in [0.5, 0.6) is 5.75 Å². The summed E-state index contributed by atoms with van der Waals surface area (Å²) in [6.45, 7) is 1.86. The summed E-state index contributed by atoms with van der Waals surface area (Å²) in [5.74, 6) is 1.70. The van der Waals surface area contributed by atoms with Crippen molar-refractivity contribution < 1.29 is 9.53 Å². The van der Waals surface area contributed by atoms with Gasteiger partial charge in [-0.25, -0.2) is 9.97 Å². The fraction of sp³-hybridized carbons (Fsp3) is 0.0800. The minimum Gasteiger partial charge on any atom is -0.495 e. The van der Waals surface area contributed by atoms with E-state index in [2.05, 4.69) is 20.6 Å². The molecular formula is C25H22N4O2. The number of rotatable bonds is 6. The van der Waals surface area contributed by atoms with E-state index in [1.54, 1.807) is 31.4 Å². The van der Waals surface area contributed by atoms with Crippen LogP contribution < -0.4 is 15.4 Å². The first kappa shape index (κ1) is 20.1. The number of benzene rings is 3. The van der Waals surface area contributed by atoms with Crippen molar-refractivity contribution in [3.63, 3.8) is 0 Å². The predicted molar refractivity (Wildman–Crippen MR) is 123 cm³/mol. The molecule has 1 amide bonds. The largest absolute Gasteiger partial charge is 0.495 e. The van der Waals surface area contributed by atoms with Crippen LogP contribution in [-0.2, 0) is 0 Å². The highest BCUT2D eigenvalue weighted by molar-refractivity contribution is 6.05. The lowest BCUT2D eigenvalue weighted by Gasteiger charge is -2.12. The third-order valence-electron chi connectivity index (χ3n) is 4.66. The normalized spacial score (nSPS) is 10.4. The summed E-state index contributed by atoms with van der Waals surface area (Å²) in [5.41, 5.74) is 3.74. The van der Waals surface area contributed by atoms with Crippen LogP contribution in [0, 0.1) is 6.92 Å². The average Bonchev–Trinajstić information content (AvgIpc) is 2.80. The van der Waals surface area contributed by atoms with Gasteiger partial charge in [-0.1, -0.05) is 48.5 Å². The lowest BCUT2D eigenvalue weighted by Crippen LogP contribution is -2.12. The van der Waals surface area contributed by atoms with Crippen LogP contribution in [0.3, 0.4) is 0 Å². The summed E-state index contributed by atoms with van der Waals surface area (Å²) in [6.07, 6.45) is 0. The molecule has 6 nitrogen and oxygen atoms in total. The SMILES string of the molecule is COc1ccccc1NC(=O)c1cccc(Nc2cc(-c3ccccc3)nc(C)n2)c1. The first-order chi connectivity index (χ1) is 15.1. The number of hydrogen-bond acceptors (Lipinski definition) is 5. The number of hydrogen-bond donors (Lipinski definition) is 2. The minimum absolute atomic E-state index is 0.225. The monoisotopic (exact) mass is 410 g/mol. The molecule has 0 radical (unpaired) electrons. The first-order valence-corrected chi connectivity index (χ1v) is 9.85. The maximum atomic E-state index is 12.8. The number of anilines is 3. The second-order valence-electron chi connectivity index (χ2n) is 6.91. The molecule has 0 saturated heterocycles. The van der Waals surface area contributed by atoms with E-state index < -0.39 is 0 Å². The number of ether oxygens (including phenoxy) is 1. The number of nitrogens with zero attached hydrogens (tertiary/aromatic N) is 2. The Hall–Kier alpha value is -4.19. The molecule has 154 valence electrons. The Morgan fingerprint density at radius 2 is 1.65 bits per heavy atom. The van der Waals surface area contributed by atoms with Crippen molar-refractivity contribution in [3.05, 3.63) is 96.3 Å². The van der Waals surface area contributed by atoms with Gasteiger partial charge in [-0.2, -0.15) is 0 Å². The van der Waals surface area contributed by atoms with E-state index in [4.69, 9.17) is 4.74 Å². The Morgan fingerprint density at radius 1 is 0.871 bits per heavy atom. The number of aromatic nitrogens is 2. The maximum absolute atomic E-state index is 12.8. The van der Waals surface area contributed by atoms with Crippen molar-refractivity contribution >= 4 is 23.1 Å². The molecule has 4 rings (SSSR count). The van der Waals surface area contributed by atoms with Gasteiger partial charge in [0.15, 0.2) is 0 Å². The smallest absolute Gasteiger partial charge is 0.255 e. The molecule has 0 spiro atoms. The third kappa shape index (κ3) is 4.87. The van der Waals surface area contributed by atoms with E-state index >= 15 is 0 Å². The zero-order valence-electron chi connectivity index (χ0n) is 17.3. The fourth-order valence-electron chi connectivity index (χ4n) is 3.22. The Labute approximate surface area is 181 Å². The summed E-state index contributed by atoms with van der Waals surface area (Å²) in [7, 11) is 1.57. The van der Waals surface area contributed by atoms with Crippen LogP contribution >= 0.6 is 0 Å². The van der Waals surface area contributed by atoms with E-state index in [0.29, 0.717) is 28.6 Å². The summed E-state index contributed by atoms with van der Waals surface area (Å²) >= 11 is 0. The van der Waals surface area contributed by atoms with Crippen molar-refractivity contribution in [2.45, 2.75) is 6.92 Å².